The minimum absolute atomic E-state index is 0.219. The molecule has 112 valence electrons. The maximum absolute atomic E-state index is 12.0. The summed E-state index contributed by atoms with van der Waals surface area (Å²) in [5.74, 6) is 0.764. The molecule has 0 aromatic rings. The van der Waals surface area contributed by atoms with Gasteiger partial charge in [0.15, 0.2) is 0 Å². The van der Waals surface area contributed by atoms with E-state index in [4.69, 9.17) is 0 Å². The fourth-order valence-electron chi connectivity index (χ4n) is 2.54. The summed E-state index contributed by atoms with van der Waals surface area (Å²) in [6, 6.07) is 0. The second-order valence-electron chi connectivity index (χ2n) is 5.77. The summed E-state index contributed by atoms with van der Waals surface area (Å²) in [6.07, 6.45) is 3.72. The number of hydrogen-bond acceptors (Lipinski definition) is 4. The van der Waals surface area contributed by atoms with Crippen molar-refractivity contribution in [2.24, 2.45) is 5.92 Å². The molecule has 0 spiro atoms. The number of aliphatic hydroxyl groups is 1. The summed E-state index contributed by atoms with van der Waals surface area (Å²) < 4.78 is 25.7. The number of nitrogens with zero attached hydrogens (tertiary/aromatic N) is 2. The van der Waals surface area contributed by atoms with Gasteiger partial charge in [-0.2, -0.15) is 4.31 Å². The molecule has 6 heteroatoms. The van der Waals surface area contributed by atoms with Crippen molar-refractivity contribution in [2.75, 3.05) is 38.5 Å². The Balaban J connectivity index is 1.75. The van der Waals surface area contributed by atoms with Gasteiger partial charge in [0, 0.05) is 32.7 Å². The van der Waals surface area contributed by atoms with Gasteiger partial charge in [0.1, 0.15) is 0 Å². The molecule has 1 saturated heterocycles. The first-order valence-electron chi connectivity index (χ1n) is 7.41. The molecule has 1 atom stereocenters. The highest BCUT2D eigenvalue weighted by atomic mass is 32.2. The Hall–Kier alpha value is -0.170. The van der Waals surface area contributed by atoms with E-state index in [1.807, 2.05) is 6.92 Å². The molecule has 0 radical (unpaired) electrons. The molecule has 1 heterocycles. The van der Waals surface area contributed by atoms with E-state index in [9.17, 15) is 13.5 Å². The highest BCUT2D eigenvalue weighted by Crippen LogP contribution is 2.32. The smallest absolute Gasteiger partial charge is 0.214 e. The fraction of sp³-hybridized carbons (Fsp3) is 1.00. The van der Waals surface area contributed by atoms with Gasteiger partial charge in [-0.3, -0.25) is 4.90 Å². The first kappa shape index (κ1) is 15.2. The molecule has 0 aromatic heterocycles. The molecule has 1 N–H and O–H groups in total. The van der Waals surface area contributed by atoms with Crippen LogP contribution in [0.2, 0.25) is 0 Å². The Labute approximate surface area is 116 Å². The first-order chi connectivity index (χ1) is 9.03. The number of unbranched alkanes of at least 4 members (excludes halogenated alkanes) is 1. The molecule has 0 bridgehead atoms. The van der Waals surface area contributed by atoms with Crippen LogP contribution in [0.15, 0.2) is 0 Å². The minimum Gasteiger partial charge on any atom is -0.392 e. The molecule has 5 nitrogen and oxygen atoms in total. The Morgan fingerprint density at radius 3 is 2.37 bits per heavy atom. The zero-order valence-corrected chi connectivity index (χ0v) is 12.6. The highest BCUT2D eigenvalue weighted by molar-refractivity contribution is 7.89. The third-order valence-corrected chi connectivity index (χ3v) is 6.05. The summed E-state index contributed by atoms with van der Waals surface area (Å²) in [4.78, 5) is 2.19. The van der Waals surface area contributed by atoms with E-state index >= 15 is 0 Å². The van der Waals surface area contributed by atoms with Gasteiger partial charge in [0.2, 0.25) is 10.0 Å². The van der Waals surface area contributed by atoms with E-state index in [2.05, 4.69) is 4.90 Å². The van der Waals surface area contributed by atoms with Crippen LogP contribution in [0.5, 0.6) is 0 Å². The lowest BCUT2D eigenvalue weighted by Crippen LogP contribution is -2.51. The van der Waals surface area contributed by atoms with Crippen LogP contribution in [0.25, 0.3) is 0 Å². The topological polar surface area (TPSA) is 60.9 Å². The third kappa shape index (κ3) is 4.41. The SMILES string of the molecule is CCCCS(=O)(=O)N1CCN(C[C@@H](O)C2CC2)CC1. The molecular formula is C13H26N2O3S. The Morgan fingerprint density at radius 2 is 1.84 bits per heavy atom. The van der Waals surface area contributed by atoms with Gasteiger partial charge in [-0.1, -0.05) is 13.3 Å². The van der Waals surface area contributed by atoms with Crippen LogP contribution in [0, 0.1) is 5.92 Å². The summed E-state index contributed by atoms with van der Waals surface area (Å²) >= 11 is 0. The maximum Gasteiger partial charge on any atom is 0.214 e. The fourth-order valence-corrected chi connectivity index (χ4v) is 4.17. The van der Waals surface area contributed by atoms with Crippen LogP contribution < -0.4 is 0 Å². The zero-order valence-electron chi connectivity index (χ0n) is 11.8. The largest absolute Gasteiger partial charge is 0.392 e. The monoisotopic (exact) mass is 290 g/mol. The van der Waals surface area contributed by atoms with Crippen molar-refractivity contribution in [3.8, 4) is 0 Å². The first-order valence-corrected chi connectivity index (χ1v) is 9.02. The highest BCUT2D eigenvalue weighted by Gasteiger charge is 2.32. The van der Waals surface area contributed by atoms with Crippen LogP contribution in [0.4, 0.5) is 0 Å². The average molecular weight is 290 g/mol. The van der Waals surface area contributed by atoms with Crippen molar-refractivity contribution in [1.29, 1.82) is 0 Å². The molecule has 0 unspecified atom stereocenters. The van der Waals surface area contributed by atoms with Gasteiger partial charge in [-0.25, -0.2) is 8.42 Å². The number of rotatable bonds is 7. The summed E-state index contributed by atoms with van der Waals surface area (Å²) in [7, 11) is -3.06. The molecular weight excluding hydrogens is 264 g/mol. The van der Waals surface area contributed by atoms with E-state index < -0.39 is 10.0 Å². The van der Waals surface area contributed by atoms with Gasteiger partial charge in [-0.15, -0.1) is 0 Å². The van der Waals surface area contributed by atoms with Crippen molar-refractivity contribution in [2.45, 2.75) is 38.7 Å². The van der Waals surface area contributed by atoms with Gasteiger partial charge in [-0.05, 0) is 25.2 Å². The van der Waals surface area contributed by atoms with E-state index in [1.165, 1.54) is 0 Å². The van der Waals surface area contributed by atoms with Gasteiger partial charge >= 0.3 is 0 Å². The van der Waals surface area contributed by atoms with Crippen molar-refractivity contribution >= 4 is 10.0 Å². The average Bonchev–Trinajstić information content (AvgIpc) is 3.21. The predicted octanol–water partition coefficient (Wildman–Crippen LogP) is 0.505. The van der Waals surface area contributed by atoms with Crippen molar-refractivity contribution in [3.63, 3.8) is 0 Å². The second kappa shape index (κ2) is 6.52. The molecule has 0 aromatic carbocycles. The van der Waals surface area contributed by atoms with Crippen LogP contribution in [-0.2, 0) is 10.0 Å². The standard InChI is InChI=1S/C13H26N2O3S/c1-2-3-10-19(17,18)15-8-6-14(7-9-15)11-13(16)12-4-5-12/h12-13,16H,2-11H2,1H3/t13-/m1/s1. The van der Waals surface area contributed by atoms with Crippen molar-refractivity contribution < 1.29 is 13.5 Å². The van der Waals surface area contributed by atoms with Crippen LogP contribution in [0.1, 0.15) is 32.6 Å². The number of piperazine rings is 1. The number of sulfonamides is 1. The van der Waals surface area contributed by atoms with Gasteiger partial charge in [0.05, 0.1) is 11.9 Å². The van der Waals surface area contributed by atoms with E-state index in [-0.39, 0.29) is 11.9 Å². The van der Waals surface area contributed by atoms with Crippen LogP contribution in [-0.4, -0.2) is 67.3 Å². The number of aliphatic hydroxyl groups excluding tert-OH is 1. The zero-order chi connectivity index (χ0) is 13.9. The molecule has 2 aliphatic rings. The molecule has 0 amide bonds. The minimum atomic E-state index is -3.06. The van der Waals surface area contributed by atoms with Crippen molar-refractivity contribution in [3.05, 3.63) is 0 Å². The summed E-state index contributed by atoms with van der Waals surface area (Å²) in [5.41, 5.74) is 0. The summed E-state index contributed by atoms with van der Waals surface area (Å²) in [5, 5.41) is 9.91. The quantitative estimate of drug-likeness (QED) is 0.742. The number of β-amino-alcohol motifs (C(OH)–C–C–N with tert-alkyl or cyclic N) is 1. The predicted molar refractivity (Wildman–Crippen MR) is 75.4 cm³/mol. The maximum atomic E-state index is 12.0. The molecule has 19 heavy (non-hydrogen) atoms. The Bertz CT molecular complexity index is 373. The lowest BCUT2D eigenvalue weighted by molar-refractivity contribution is 0.0782. The molecule has 1 aliphatic carbocycles. The molecule has 2 rings (SSSR count). The normalized spacial score (nSPS) is 24.5. The van der Waals surface area contributed by atoms with E-state index in [0.29, 0.717) is 25.6 Å². The van der Waals surface area contributed by atoms with Crippen LogP contribution in [0.3, 0.4) is 0 Å². The number of hydrogen-bond donors (Lipinski definition) is 1. The molecule has 1 aliphatic heterocycles. The van der Waals surface area contributed by atoms with Gasteiger partial charge < -0.3 is 5.11 Å². The lowest BCUT2D eigenvalue weighted by atomic mass is 10.2. The van der Waals surface area contributed by atoms with E-state index in [1.54, 1.807) is 4.31 Å². The molecule has 1 saturated carbocycles. The Morgan fingerprint density at radius 1 is 1.21 bits per heavy atom. The summed E-state index contributed by atoms with van der Waals surface area (Å²) in [6.45, 7) is 5.34. The van der Waals surface area contributed by atoms with Crippen LogP contribution >= 0.6 is 0 Å². The Kier molecular flexibility index (Phi) is 5.22. The molecule has 2 fully saturated rings. The van der Waals surface area contributed by atoms with Gasteiger partial charge in [0.25, 0.3) is 0 Å². The second-order valence-corrected chi connectivity index (χ2v) is 7.86. The van der Waals surface area contributed by atoms with Crippen molar-refractivity contribution in [1.82, 2.24) is 9.21 Å². The third-order valence-electron chi connectivity index (χ3n) is 4.09. The van der Waals surface area contributed by atoms with E-state index in [0.717, 1.165) is 38.8 Å². The lowest BCUT2D eigenvalue weighted by Gasteiger charge is -2.35.